The van der Waals surface area contributed by atoms with Gasteiger partial charge in [0.2, 0.25) is 5.69 Å². The maximum atomic E-state index is 12.8. The lowest BCUT2D eigenvalue weighted by atomic mass is 10.0. The van der Waals surface area contributed by atoms with E-state index in [-0.39, 0.29) is 0 Å². The van der Waals surface area contributed by atoms with Crippen LogP contribution in [0.2, 0.25) is 0 Å². The predicted octanol–water partition coefficient (Wildman–Crippen LogP) is 8.11. The number of rotatable bonds is 22. The quantitative estimate of drug-likeness (QED) is 0.0848. The van der Waals surface area contributed by atoms with Gasteiger partial charge in [0.05, 0.1) is 12.2 Å². The third kappa shape index (κ3) is 12.5. The van der Waals surface area contributed by atoms with Crippen molar-refractivity contribution in [2.75, 3.05) is 18.9 Å². The predicted molar refractivity (Wildman–Crippen MR) is 163 cm³/mol. The molecule has 0 bridgehead atoms. The first-order chi connectivity index (χ1) is 19.4. The Kier molecular flexibility index (Phi) is 16.7. The van der Waals surface area contributed by atoms with Crippen molar-refractivity contribution in [2.24, 2.45) is 5.92 Å². The number of nitrogens with one attached hydrogen (secondary N) is 1. The van der Waals surface area contributed by atoms with Crippen LogP contribution in [0.4, 0.5) is 10.5 Å². The van der Waals surface area contributed by atoms with Gasteiger partial charge >= 0.3 is 17.9 Å². The van der Waals surface area contributed by atoms with E-state index in [9.17, 15) is 9.59 Å². The molecule has 40 heavy (non-hydrogen) atoms. The van der Waals surface area contributed by atoms with Gasteiger partial charge in [-0.2, -0.15) is 4.57 Å². The molecular weight excluding hydrogens is 502 g/mol. The first-order valence-electron chi connectivity index (χ1n) is 16.4. The van der Waals surface area contributed by atoms with E-state index in [1.54, 1.807) is 6.92 Å². The molecule has 1 saturated carbocycles. The van der Waals surface area contributed by atoms with Crippen molar-refractivity contribution in [2.45, 2.75) is 150 Å². The van der Waals surface area contributed by atoms with Crippen molar-refractivity contribution >= 4 is 17.7 Å². The highest BCUT2D eigenvalue weighted by atomic mass is 16.6. The number of carbonyl (C=O) groups is 2. The zero-order chi connectivity index (χ0) is 29.2. The number of nitrogens with zero attached hydrogens (tertiary/aromatic N) is 1. The van der Waals surface area contributed by atoms with E-state index < -0.39 is 12.1 Å². The molecule has 0 aromatic carbocycles. The largest absolute Gasteiger partial charge is 0.462 e. The Bertz CT molecular complexity index is 898. The number of hydrogen-bond acceptors (Lipinski definition) is 5. The molecule has 1 fully saturated rings. The fraction of sp³-hybridized carbons (Fsp3) is 0.788. The molecule has 0 spiro atoms. The first-order valence-corrected chi connectivity index (χ1v) is 16.4. The van der Waals surface area contributed by atoms with E-state index in [0.29, 0.717) is 54.0 Å². The average molecular weight is 561 g/mol. The van der Waals surface area contributed by atoms with Crippen molar-refractivity contribution in [1.82, 2.24) is 5.32 Å². The SMILES string of the molecule is CCCCCCCCCCCCCCCCCCNC(=O)Oc1c(C)c(C(=O)OCC2CC2)c(N)c(C)[n+]1CC. The van der Waals surface area contributed by atoms with E-state index >= 15 is 0 Å². The van der Waals surface area contributed by atoms with Gasteiger partial charge in [0, 0.05) is 13.5 Å². The molecule has 7 nitrogen and oxygen atoms in total. The Hall–Kier alpha value is -2.31. The van der Waals surface area contributed by atoms with E-state index in [1.165, 1.54) is 89.9 Å². The van der Waals surface area contributed by atoms with Gasteiger partial charge in [-0.25, -0.2) is 9.59 Å². The van der Waals surface area contributed by atoms with Gasteiger partial charge < -0.3 is 20.5 Å². The molecule has 1 aromatic rings. The number of ether oxygens (including phenoxy) is 2. The molecule has 1 aliphatic carbocycles. The number of anilines is 1. The third-order valence-electron chi connectivity index (χ3n) is 8.16. The van der Waals surface area contributed by atoms with Gasteiger partial charge in [0.15, 0.2) is 0 Å². The fourth-order valence-corrected chi connectivity index (χ4v) is 5.30. The maximum absolute atomic E-state index is 12.8. The summed E-state index contributed by atoms with van der Waals surface area (Å²) in [5, 5.41) is 2.87. The molecule has 1 aromatic heterocycles. The van der Waals surface area contributed by atoms with Crippen LogP contribution in [0.1, 0.15) is 151 Å². The number of amides is 1. The second-order valence-corrected chi connectivity index (χ2v) is 11.7. The minimum Gasteiger partial charge on any atom is -0.462 e. The first kappa shape index (κ1) is 33.9. The fourth-order valence-electron chi connectivity index (χ4n) is 5.30. The lowest BCUT2D eigenvalue weighted by Crippen LogP contribution is -2.43. The van der Waals surface area contributed by atoms with Gasteiger partial charge in [0.25, 0.3) is 0 Å². The zero-order valence-corrected chi connectivity index (χ0v) is 26.1. The van der Waals surface area contributed by atoms with Gasteiger partial charge in [-0.1, -0.05) is 103 Å². The minimum absolute atomic E-state index is 0.295. The molecule has 0 radical (unpaired) electrons. The van der Waals surface area contributed by atoms with Crippen LogP contribution in [0, 0.1) is 19.8 Å². The van der Waals surface area contributed by atoms with Crippen molar-refractivity contribution in [3.63, 3.8) is 0 Å². The van der Waals surface area contributed by atoms with Crippen LogP contribution in [-0.2, 0) is 11.3 Å². The molecule has 7 heteroatoms. The Morgan fingerprint density at radius 2 is 1.32 bits per heavy atom. The molecule has 1 heterocycles. The smallest absolute Gasteiger partial charge is 0.416 e. The maximum Gasteiger partial charge on any atom is 0.416 e. The standard InChI is InChI=1S/C33H57N3O4/c1-5-7-8-9-10-11-12-13-14-15-16-17-18-19-20-21-24-35-33(38)40-31-26(3)29(30(34)27(4)36(31)6-2)32(37)39-25-28-22-23-28/h28H,5-25H2,1-4H3,(H2-,34,35,37,38)/p+1. The molecule has 3 N–H and O–H groups in total. The lowest BCUT2D eigenvalue weighted by molar-refractivity contribution is -0.702. The summed E-state index contributed by atoms with van der Waals surface area (Å²) >= 11 is 0. The number of nitrogen functional groups attached to an aromatic ring is 1. The average Bonchev–Trinajstić information content (AvgIpc) is 3.77. The Balaban J connectivity index is 1.60. The summed E-state index contributed by atoms with van der Waals surface area (Å²) in [6, 6.07) is 0. The van der Waals surface area contributed by atoms with Crippen LogP contribution < -0.4 is 20.4 Å². The summed E-state index contributed by atoms with van der Waals surface area (Å²) in [5.74, 6) is 0.352. The number of unbranched alkanes of at least 4 members (excludes halogenated alkanes) is 15. The Morgan fingerprint density at radius 1 is 0.825 bits per heavy atom. The highest BCUT2D eigenvalue weighted by molar-refractivity contribution is 5.97. The van der Waals surface area contributed by atoms with E-state index in [1.807, 2.05) is 18.4 Å². The van der Waals surface area contributed by atoms with Crippen LogP contribution >= 0.6 is 0 Å². The second kappa shape index (κ2) is 19.7. The summed E-state index contributed by atoms with van der Waals surface area (Å²) in [6.07, 6.45) is 22.8. The summed E-state index contributed by atoms with van der Waals surface area (Å²) in [6.45, 7) is 9.37. The van der Waals surface area contributed by atoms with Crippen molar-refractivity contribution < 1.29 is 23.6 Å². The second-order valence-electron chi connectivity index (χ2n) is 11.7. The number of aromatic nitrogens is 1. The molecule has 228 valence electrons. The van der Waals surface area contributed by atoms with Gasteiger partial charge in [-0.3, -0.25) is 0 Å². The molecular formula is C33H58N3O4+. The Labute approximate surface area is 244 Å². The monoisotopic (exact) mass is 560 g/mol. The Morgan fingerprint density at radius 3 is 1.80 bits per heavy atom. The van der Waals surface area contributed by atoms with Crippen molar-refractivity contribution in [1.29, 1.82) is 0 Å². The van der Waals surface area contributed by atoms with Crippen molar-refractivity contribution in [3.8, 4) is 5.88 Å². The third-order valence-corrected chi connectivity index (χ3v) is 8.16. The van der Waals surface area contributed by atoms with Crippen LogP contribution in [0.5, 0.6) is 5.88 Å². The van der Waals surface area contributed by atoms with Crippen LogP contribution in [0.15, 0.2) is 0 Å². The topological polar surface area (TPSA) is 94.5 Å². The molecule has 1 aliphatic rings. The van der Waals surface area contributed by atoms with Crippen LogP contribution in [-0.4, -0.2) is 25.2 Å². The molecule has 0 unspecified atom stereocenters. The van der Waals surface area contributed by atoms with Gasteiger partial charge in [0.1, 0.15) is 17.8 Å². The number of pyridine rings is 1. The van der Waals surface area contributed by atoms with Crippen molar-refractivity contribution in [3.05, 3.63) is 16.8 Å². The van der Waals surface area contributed by atoms with Gasteiger partial charge in [-0.15, -0.1) is 0 Å². The molecule has 1 amide bonds. The number of esters is 1. The lowest BCUT2D eigenvalue weighted by Gasteiger charge is -2.15. The summed E-state index contributed by atoms with van der Waals surface area (Å²) in [4.78, 5) is 25.4. The van der Waals surface area contributed by atoms with Gasteiger partial charge in [-0.05, 0) is 39.0 Å². The van der Waals surface area contributed by atoms with E-state index in [2.05, 4.69) is 12.2 Å². The number of carbonyl (C=O) groups excluding carboxylic acids is 2. The molecule has 0 aliphatic heterocycles. The normalized spacial score (nSPS) is 12.9. The minimum atomic E-state index is -0.507. The summed E-state index contributed by atoms with van der Waals surface area (Å²) < 4.78 is 13.0. The van der Waals surface area contributed by atoms with Crippen LogP contribution in [0.25, 0.3) is 0 Å². The highest BCUT2D eigenvalue weighted by Gasteiger charge is 2.32. The zero-order valence-electron chi connectivity index (χ0n) is 26.1. The highest BCUT2D eigenvalue weighted by Crippen LogP contribution is 2.31. The summed E-state index contributed by atoms with van der Waals surface area (Å²) in [5.41, 5.74) is 8.20. The van der Waals surface area contributed by atoms with E-state index in [4.69, 9.17) is 15.2 Å². The number of nitrogens with two attached hydrogens (primary N) is 1. The molecule has 2 rings (SSSR count). The number of hydrogen-bond donors (Lipinski definition) is 2. The van der Waals surface area contributed by atoms with E-state index in [0.717, 1.165) is 25.7 Å². The summed E-state index contributed by atoms with van der Waals surface area (Å²) in [7, 11) is 0. The molecule has 0 saturated heterocycles. The van der Waals surface area contributed by atoms with Crippen LogP contribution in [0.3, 0.4) is 0 Å². The molecule has 0 atom stereocenters.